The van der Waals surface area contributed by atoms with Crippen LogP contribution in [0, 0.1) is 6.92 Å². The third-order valence-corrected chi connectivity index (χ3v) is 7.18. The van der Waals surface area contributed by atoms with Crippen LogP contribution in [0.1, 0.15) is 39.1 Å². The quantitative estimate of drug-likeness (QED) is 0.223. The lowest BCUT2D eigenvalue weighted by Crippen LogP contribution is -2.37. The molecule has 2 amide bonds. The molecule has 2 heterocycles. The highest BCUT2D eigenvalue weighted by Crippen LogP contribution is 2.34. The third-order valence-electron chi connectivity index (χ3n) is 5.75. The van der Waals surface area contributed by atoms with Gasteiger partial charge in [-0.3, -0.25) is 14.9 Å². The summed E-state index contributed by atoms with van der Waals surface area (Å²) in [6.07, 6.45) is -1.23. The molecule has 0 unspecified atom stereocenters. The summed E-state index contributed by atoms with van der Waals surface area (Å²) in [5, 5.41) is 9.02. The Morgan fingerprint density at radius 1 is 1.05 bits per heavy atom. The minimum Gasteiger partial charge on any atom is -0.366 e. The van der Waals surface area contributed by atoms with Crippen molar-refractivity contribution in [2.75, 3.05) is 10.6 Å². The molecule has 0 bridgehead atoms. The van der Waals surface area contributed by atoms with Crippen molar-refractivity contribution in [3.05, 3.63) is 69.3 Å². The standard InChI is InChI=1S/C25H19BrF3N5O2S/c1-12-2-3-13(14-6-15(8-16(26)7-14)23(35)34-25(27,28)29)9-19(12)33-24(36)18-10-37-21-20(18)30-11-31-22(21)32-17-4-5-17/h2-3,6-11,17H,4-5H2,1H3,(H,33,36)(H,34,35)(H,30,31,32). The summed E-state index contributed by atoms with van der Waals surface area (Å²) < 4.78 is 39.1. The van der Waals surface area contributed by atoms with E-state index in [1.165, 1.54) is 29.8 Å². The van der Waals surface area contributed by atoms with Crippen LogP contribution in [0.3, 0.4) is 0 Å². The molecule has 1 aliphatic carbocycles. The number of alkyl halides is 3. The number of nitrogens with one attached hydrogen (secondary N) is 3. The molecule has 1 aliphatic rings. The van der Waals surface area contributed by atoms with E-state index in [1.807, 2.05) is 6.92 Å². The van der Waals surface area contributed by atoms with Gasteiger partial charge in [0.15, 0.2) is 0 Å². The van der Waals surface area contributed by atoms with Crippen LogP contribution in [0.4, 0.5) is 24.7 Å². The predicted octanol–water partition coefficient (Wildman–Crippen LogP) is 6.51. The second kappa shape index (κ2) is 9.75. The first-order valence-electron chi connectivity index (χ1n) is 11.2. The molecule has 2 aromatic heterocycles. The fourth-order valence-electron chi connectivity index (χ4n) is 3.75. The average molecular weight is 590 g/mol. The summed E-state index contributed by atoms with van der Waals surface area (Å²) >= 11 is 4.65. The largest absolute Gasteiger partial charge is 0.484 e. The van der Waals surface area contributed by atoms with Gasteiger partial charge in [-0.1, -0.05) is 28.1 Å². The maximum Gasteiger partial charge on any atom is 0.484 e. The molecule has 1 saturated carbocycles. The summed E-state index contributed by atoms with van der Waals surface area (Å²) in [6, 6.07) is 10.0. The minimum atomic E-state index is -4.84. The van der Waals surface area contributed by atoms with Crippen LogP contribution in [-0.4, -0.2) is 34.1 Å². The Kier molecular flexibility index (Phi) is 6.63. The summed E-state index contributed by atoms with van der Waals surface area (Å²) in [4.78, 5) is 33.9. The van der Waals surface area contributed by atoms with E-state index < -0.39 is 12.2 Å². The molecule has 0 radical (unpaired) electrons. The van der Waals surface area contributed by atoms with E-state index in [2.05, 4.69) is 36.5 Å². The van der Waals surface area contributed by atoms with Gasteiger partial charge >= 0.3 is 6.30 Å². The Labute approximate surface area is 221 Å². The Balaban J connectivity index is 1.42. The lowest BCUT2D eigenvalue weighted by atomic mass is 10.0. The van der Waals surface area contributed by atoms with E-state index >= 15 is 0 Å². The van der Waals surface area contributed by atoms with Crippen molar-refractivity contribution in [3.63, 3.8) is 0 Å². The Hall–Kier alpha value is -3.51. The number of halogens is 4. The molecule has 3 N–H and O–H groups in total. The molecule has 0 aliphatic heterocycles. The number of amides is 2. The van der Waals surface area contributed by atoms with Gasteiger partial charge in [0, 0.05) is 27.1 Å². The molecular formula is C25H19BrF3N5O2S. The van der Waals surface area contributed by atoms with Crippen LogP contribution in [0.25, 0.3) is 21.3 Å². The monoisotopic (exact) mass is 589 g/mol. The molecular weight excluding hydrogens is 571 g/mol. The summed E-state index contributed by atoms with van der Waals surface area (Å²) in [6.45, 7) is 1.83. The number of fused-ring (bicyclic) bond motifs is 1. The summed E-state index contributed by atoms with van der Waals surface area (Å²) in [7, 11) is 0. The first-order valence-corrected chi connectivity index (χ1v) is 12.9. The number of benzene rings is 2. The van der Waals surface area contributed by atoms with E-state index in [0.717, 1.165) is 34.2 Å². The van der Waals surface area contributed by atoms with Crippen molar-refractivity contribution in [2.24, 2.45) is 0 Å². The first kappa shape index (κ1) is 25.2. The van der Waals surface area contributed by atoms with Crippen LogP contribution in [0.2, 0.25) is 0 Å². The fraction of sp³-hybridized carbons (Fsp3) is 0.200. The molecule has 0 spiro atoms. The number of hydrogen-bond donors (Lipinski definition) is 3. The third kappa shape index (κ3) is 5.75. The maximum absolute atomic E-state index is 13.2. The zero-order valence-corrected chi connectivity index (χ0v) is 21.6. The maximum atomic E-state index is 13.2. The average Bonchev–Trinajstić information content (AvgIpc) is 3.53. The number of carbonyl (C=O) groups excluding carboxylic acids is 2. The van der Waals surface area contributed by atoms with Crippen LogP contribution >= 0.6 is 27.3 Å². The van der Waals surface area contributed by atoms with Crippen molar-refractivity contribution in [1.29, 1.82) is 0 Å². The second-order valence-corrected chi connectivity index (χ2v) is 10.4. The SMILES string of the molecule is Cc1ccc(-c2cc(Br)cc(C(=O)NC(F)(F)F)c2)cc1NC(=O)c1csc2c(NC3CC3)ncnc12. The van der Waals surface area contributed by atoms with Crippen molar-refractivity contribution in [2.45, 2.75) is 32.1 Å². The highest BCUT2D eigenvalue weighted by atomic mass is 79.9. The van der Waals surface area contributed by atoms with E-state index in [9.17, 15) is 22.8 Å². The number of nitrogens with zero attached hydrogens (tertiary/aromatic N) is 2. The molecule has 4 aromatic rings. The van der Waals surface area contributed by atoms with Gasteiger partial charge in [-0.25, -0.2) is 9.97 Å². The lowest BCUT2D eigenvalue weighted by molar-refractivity contribution is -0.146. The zero-order chi connectivity index (χ0) is 26.3. The number of anilines is 2. The topological polar surface area (TPSA) is 96.0 Å². The van der Waals surface area contributed by atoms with Gasteiger partial charge in [-0.15, -0.1) is 11.3 Å². The first-order chi connectivity index (χ1) is 17.6. The number of hydrogen-bond acceptors (Lipinski definition) is 6. The Morgan fingerprint density at radius 2 is 1.84 bits per heavy atom. The van der Waals surface area contributed by atoms with Crippen molar-refractivity contribution in [1.82, 2.24) is 15.3 Å². The van der Waals surface area contributed by atoms with Gasteiger partial charge in [-0.05, 0) is 60.7 Å². The molecule has 190 valence electrons. The van der Waals surface area contributed by atoms with Gasteiger partial charge in [0.2, 0.25) is 0 Å². The minimum absolute atomic E-state index is 0.159. The Bertz CT molecular complexity index is 1530. The normalized spacial score (nSPS) is 13.4. The van der Waals surface area contributed by atoms with Gasteiger partial charge in [0.1, 0.15) is 12.1 Å². The van der Waals surface area contributed by atoms with E-state index in [4.69, 9.17) is 0 Å². The van der Waals surface area contributed by atoms with Gasteiger partial charge < -0.3 is 10.6 Å². The summed E-state index contributed by atoms with van der Waals surface area (Å²) in [5.41, 5.74) is 3.23. The van der Waals surface area contributed by atoms with Crippen molar-refractivity contribution >= 4 is 60.8 Å². The van der Waals surface area contributed by atoms with Crippen molar-refractivity contribution < 1.29 is 22.8 Å². The van der Waals surface area contributed by atoms with Crippen LogP contribution in [0.5, 0.6) is 0 Å². The molecule has 7 nitrogen and oxygen atoms in total. The highest BCUT2D eigenvalue weighted by molar-refractivity contribution is 9.10. The van der Waals surface area contributed by atoms with Gasteiger partial charge in [-0.2, -0.15) is 13.2 Å². The van der Waals surface area contributed by atoms with E-state index in [0.29, 0.717) is 38.4 Å². The number of aromatic nitrogens is 2. The van der Waals surface area contributed by atoms with Gasteiger partial charge in [0.05, 0.1) is 15.8 Å². The highest BCUT2D eigenvalue weighted by Gasteiger charge is 2.30. The molecule has 12 heteroatoms. The second-order valence-electron chi connectivity index (χ2n) is 8.63. The van der Waals surface area contributed by atoms with Gasteiger partial charge in [0.25, 0.3) is 11.8 Å². The number of thiophene rings is 1. The predicted molar refractivity (Wildman–Crippen MR) is 140 cm³/mol. The van der Waals surface area contributed by atoms with Crippen LogP contribution in [0.15, 0.2) is 52.6 Å². The van der Waals surface area contributed by atoms with E-state index in [1.54, 1.807) is 29.6 Å². The van der Waals surface area contributed by atoms with Crippen LogP contribution in [-0.2, 0) is 0 Å². The molecule has 5 rings (SSSR count). The fourth-order valence-corrected chi connectivity index (χ4v) is 5.20. The molecule has 0 atom stereocenters. The number of rotatable bonds is 6. The zero-order valence-electron chi connectivity index (χ0n) is 19.2. The van der Waals surface area contributed by atoms with Crippen molar-refractivity contribution in [3.8, 4) is 11.1 Å². The number of aryl methyl sites for hydroxylation is 1. The molecule has 37 heavy (non-hydrogen) atoms. The van der Waals surface area contributed by atoms with Crippen LogP contribution < -0.4 is 16.0 Å². The molecule has 0 saturated heterocycles. The van der Waals surface area contributed by atoms with E-state index in [-0.39, 0.29) is 11.5 Å². The number of carbonyl (C=O) groups is 2. The Morgan fingerprint density at radius 3 is 2.57 bits per heavy atom. The lowest BCUT2D eigenvalue weighted by Gasteiger charge is -2.13. The smallest absolute Gasteiger partial charge is 0.366 e. The summed E-state index contributed by atoms with van der Waals surface area (Å²) in [5.74, 6) is -0.894. The molecule has 2 aromatic carbocycles. The molecule has 1 fully saturated rings.